The largest absolute Gasteiger partial charge is 0.316 e. The molecule has 1 aliphatic rings. The van der Waals surface area contributed by atoms with Crippen LogP contribution in [0.25, 0.3) is 0 Å². The highest BCUT2D eigenvalue weighted by molar-refractivity contribution is 5.16. The van der Waals surface area contributed by atoms with E-state index in [1.54, 1.807) is 0 Å². The summed E-state index contributed by atoms with van der Waals surface area (Å²) in [5, 5.41) is 3.55. The molecule has 2 unspecified atom stereocenters. The van der Waals surface area contributed by atoms with Gasteiger partial charge in [-0.05, 0) is 56.2 Å². The lowest BCUT2D eigenvalue weighted by atomic mass is 9.70. The molecule has 1 aliphatic carbocycles. The van der Waals surface area contributed by atoms with Crippen molar-refractivity contribution in [3.05, 3.63) is 35.9 Å². The van der Waals surface area contributed by atoms with Gasteiger partial charge >= 0.3 is 0 Å². The van der Waals surface area contributed by atoms with Crippen LogP contribution in [0.1, 0.15) is 31.7 Å². The maximum absolute atomic E-state index is 3.55. The Balaban J connectivity index is 1.74. The van der Waals surface area contributed by atoms with Gasteiger partial charge in [-0.25, -0.2) is 0 Å². The first-order chi connectivity index (χ1) is 7.90. The zero-order chi connectivity index (χ0) is 11.2. The first kappa shape index (κ1) is 11.7. The van der Waals surface area contributed by atoms with E-state index in [1.165, 1.54) is 44.3 Å². The number of rotatable bonds is 6. The standard InChI is InChI=1S/C15H23N/c1-2-10-16-12-15-9-8-14(15)11-13-6-4-3-5-7-13/h3-7,14-16H,2,8-12H2,1H3. The van der Waals surface area contributed by atoms with Crippen LogP contribution in [-0.4, -0.2) is 13.1 Å². The summed E-state index contributed by atoms with van der Waals surface area (Å²) < 4.78 is 0. The second-order valence-electron chi connectivity index (χ2n) is 4.99. The molecule has 0 aliphatic heterocycles. The van der Waals surface area contributed by atoms with Gasteiger partial charge in [0.15, 0.2) is 0 Å². The van der Waals surface area contributed by atoms with E-state index in [-0.39, 0.29) is 0 Å². The Kier molecular flexibility index (Phi) is 4.41. The van der Waals surface area contributed by atoms with E-state index in [2.05, 4.69) is 42.6 Å². The molecule has 1 fully saturated rings. The molecular formula is C15H23N. The van der Waals surface area contributed by atoms with Gasteiger partial charge < -0.3 is 5.32 Å². The highest BCUT2D eigenvalue weighted by Gasteiger charge is 2.29. The predicted molar refractivity (Wildman–Crippen MR) is 69.5 cm³/mol. The highest BCUT2D eigenvalue weighted by atomic mass is 14.9. The van der Waals surface area contributed by atoms with Crippen molar-refractivity contribution >= 4 is 0 Å². The summed E-state index contributed by atoms with van der Waals surface area (Å²) in [5.74, 6) is 1.85. The zero-order valence-corrected chi connectivity index (χ0v) is 10.3. The van der Waals surface area contributed by atoms with Gasteiger partial charge in [-0.2, -0.15) is 0 Å². The Hall–Kier alpha value is -0.820. The lowest BCUT2D eigenvalue weighted by Gasteiger charge is -2.37. The third-order valence-corrected chi connectivity index (χ3v) is 3.75. The van der Waals surface area contributed by atoms with E-state index in [1.807, 2.05) is 0 Å². The molecule has 1 heteroatoms. The van der Waals surface area contributed by atoms with Crippen molar-refractivity contribution in [3.8, 4) is 0 Å². The Morgan fingerprint density at radius 3 is 2.50 bits per heavy atom. The molecule has 0 saturated heterocycles. The van der Waals surface area contributed by atoms with Crippen molar-refractivity contribution in [3.63, 3.8) is 0 Å². The fraction of sp³-hybridized carbons (Fsp3) is 0.600. The minimum Gasteiger partial charge on any atom is -0.316 e. The van der Waals surface area contributed by atoms with E-state index >= 15 is 0 Å². The van der Waals surface area contributed by atoms with Gasteiger partial charge in [0.2, 0.25) is 0 Å². The molecule has 1 aromatic carbocycles. The van der Waals surface area contributed by atoms with Crippen LogP contribution in [-0.2, 0) is 6.42 Å². The van der Waals surface area contributed by atoms with Gasteiger partial charge in [0, 0.05) is 0 Å². The minimum absolute atomic E-state index is 0.923. The van der Waals surface area contributed by atoms with Gasteiger partial charge in [0.25, 0.3) is 0 Å². The molecule has 0 aromatic heterocycles. The molecule has 1 aromatic rings. The second kappa shape index (κ2) is 6.05. The van der Waals surface area contributed by atoms with Crippen molar-refractivity contribution in [2.45, 2.75) is 32.6 Å². The maximum Gasteiger partial charge on any atom is -0.00178 e. The average molecular weight is 217 g/mol. The number of benzene rings is 1. The molecule has 0 spiro atoms. The van der Waals surface area contributed by atoms with E-state index in [9.17, 15) is 0 Å². The summed E-state index contributed by atoms with van der Waals surface area (Å²) in [7, 11) is 0. The third kappa shape index (κ3) is 3.08. The molecule has 88 valence electrons. The normalized spacial score (nSPS) is 24.1. The molecule has 2 rings (SSSR count). The van der Waals surface area contributed by atoms with Crippen LogP contribution in [0.15, 0.2) is 30.3 Å². The Bertz CT molecular complexity index is 294. The molecule has 0 amide bonds. The predicted octanol–water partition coefficient (Wildman–Crippen LogP) is 3.25. The highest BCUT2D eigenvalue weighted by Crippen LogP contribution is 2.36. The minimum atomic E-state index is 0.923. The van der Waals surface area contributed by atoms with Crippen LogP contribution in [0.5, 0.6) is 0 Å². The van der Waals surface area contributed by atoms with Crippen LogP contribution in [0.4, 0.5) is 0 Å². The summed E-state index contributed by atoms with van der Waals surface area (Å²) in [5.41, 5.74) is 1.51. The molecule has 0 bridgehead atoms. The van der Waals surface area contributed by atoms with E-state index in [0.29, 0.717) is 0 Å². The van der Waals surface area contributed by atoms with Crippen LogP contribution in [0, 0.1) is 11.8 Å². The van der Waals surface area contributed by atoms with Crippen molar-refractivity contribution in [2.75, 3.05) is 13.1 Å². The van der Waals surface area contributed by atoms with Crippen LogP contribution >= 0.6 is 0 Å². The lowest BCUT2D eigenvalue weighted by molar-refractivity contribution is 0.171. The van der Waals surface area contributed by atoms with Crippen LogP contribution in [0.2, 0.25) is 0 Å². The summed E-state index contributed by atoms with van der Waals surface area (Å²) >= 11 is 0. The summed E-state index contributed by atoms with van der Waals surface area (Å²) in [6.45, 7) is 4.63. The smallest absolute Gasteiger partial charge is 0.00178 e. The van der Waals surface area contributed by atoms with Crippen molar-refractivity contribution in [1.29, 1.82) is 0 Å². The molecule has 16 heavy (non-hydrogen) atoms. The fourth-order valence-electron chi connectivity index (χ4n) is 2.56. The molecule has 2 atom stereocenters. The first-order valence-corrected chi connectivity index (χ1v) is 6.64. The fourth-order valence-corrected chi connectivity index (χ4v) is 2.56. The maximum atomic E-state index is 3.55. The SMILES string of the molecule is CCCNCC1CCC1Cc1ccccc1. The summed E-state index contributed by atoms with van der Waals surface area (Å²) in [6.07, 6.45) is 5.37. The second-order valence-corrected chi connectivity index (χ2v) is 4.99. The van der Waals surface area contributed by atoms with Gasteiger partial charge in [-0.1, -0.05) is 37.3 Å². The Labute approximate surface area is 99.3 Å². The number of hydrogen-bond donors (Lipinski definition) is 1. The lowest BCUT2D eigenvalue weighted by Crippen LogP contribution is -2.36. The van der Waals surface area contributed by atoms with Crippen molar-refractivity contribution < 1.29 is 0 Å². The average Bonchev–Trinajstić information content (AvgIpc) is 2.32. The van der Waals surface area contributed by atoms with E-state index in [4.69, 9.17) is 0 Å². The number of nitrogens with one attached hydrogen (secondary N) is 1. The zero-order valence-electron chi connectivity index (χ0n) is 10.3. The monoisotopic (exact) mass is 217 g/mol. The van der Waals surface area contributed by atoms with Gasteiger partial charge in [0.05, 0.1) is 0 Å². The molecular weight excluding hydrogens is 194 g/mol. The van der Waals surface area contributed by atoms with Gasteiger partial charge in [0.1, 0.15) is 0 Å². The Morgan fingerprint density at radius 2 is 1.88 bits per heavy atom. The van der Waals surface area contributed by atoms with Crippen LogP contribution in [0.3, 0.4) is 0 Å². The van der Waals surface area contributed by atoms with Crippen molar-refractivity contribution in [1.82, 2.24) is 5.32 Å². The Morgan fingerprint density at radius 1 is 1.12 bits per heavy atom. The molecule has 1 nitrogen and oxygen atoms in total. The summed E-state index contributed by atoms with van der Waals surface area (Å²) in [4.78, 5) is 0. The van der Waals surface area contributed by atoms with Crippen LogP contribution < -0.4 is 5.32 Å². The van der Waals surface area contributed by atoms with E-state index in [0.717, 1.165) is 11.8 Å². The third-order valence-electron chi connectivity index (χ3n) is 3.75. The molecule has 0 heterocycles. The molecule has 0 radical (unpaired) electrons. The molecule has 1 N–H and O–H groups in total. The van der Waals surface area contributed by atoms with Gasteiger partial charge in [-0.15, -0.1) is 0 Å². The summed E-state index contributed by atoms with van der Waals surface area (Å²) in [6, 6.07) is 10.9. The number of hydrogen-bond acceptors (Lipinski definition) is 1. The quantitative estimate of drug-likeness (QED) is 0.721. The topological polar surface area (TPSA) is 12.0 Å². The first-order valence-electron chi connectivity index (χ1n) is 6.64. The molecule has 1 saturated carbocycles. The van der Waals surface area contributed by atoms with Crippen molar-refractivity contribution in [2.24, 2.45) is 11.8 Å². The van der Waals surface area contributed by atoms with Gasteiger partial charge in [-0.3, -0.25) is 0 Å². The van der Waals surface area contributed by atoms with E-state index < -0.39 is 0 Å².